The Morgan fingerprint density at radius 1 is 1.15 bits per heavy atom. The highest BCUT2D eigenvalue weighted by Crippen LogP contribution is 2.23. The summed E-state index contributed by atoms with van der Waals surface area (Å²) in [4.78, 5) is 27.7. The van der Waals surface area contributed by atoms with Gasteiger partial charge in [0.1, 0.15) is 5.52 Å². The lowest BCUT2D eigenvalue weighted by Crippen LogP contribution is -2.25. The van der Waals surface area contributed by atoms with Gasteiger partial charge >= 0.3 is 0 Å². The number of aromatic amines is 1. The third-order valence-electron chi connectivity index (χ3n) is 4.57. The third kappa shape index (κ3) is 2.43. The Labute approximate surface area is 148 Å². The lowest BCUT2D eigenvalue weighted by molar-refractivity contribution is 0.0749. The van der Waals surface area contributed by atoms with Crippen molar-refractivity contribution in [2.75, 3.05) is 0 Å². The predicted molar refractivity (Wildman–Crippen MR) is 93.0 cm³/mol. The van der Waals surface area contributed by atoms with Gasteiger partial charge in [-0.2, -0.15) is 5.10 Å². The average molecular weight is 345 g/mol. The fraction of sp³-hybridized carbons (Fsp3) is 0.167. The van der Waals surface area contributed by atoms with Gasteiger partial charge in [-0.1, -0.05) is 6.07 Å². The monoisotopic (exact) mass is 345 g/mol. The first-order valence-corrected chi connectivity index (χ1v) is 8.29. The summed E-state index contributed by atoms with van der Waals surface area (Å²) in [6.45, 7) is 1.70. The highest BCUT2D eigenvalue weighted by Gasteiger charge is 2.26. The molecule has 5 heterocycles. The van der Waals surface area contributed by atoms with E-state index in [1.54, 1.807) is 35.9 Å². The second kappa shape index (κ2) is 5.76. The molecule has 0 bridgehead atoms. The summed E-state index contributed by atoms with van der Waals surface area (Å²) in [5, 5.41) is 6.92. The largest absolute Gasteiger partial charge is 0.328 e. The zero-order chi connectivity index (χ0) is 17.5. The Morgan fingerprint density at radius 2 is 2.12 bits per heavy atom. The Bertz CT molecular complexity index is 1080. The number of rotatable bonds is 3. The second-order valence-electron chi connectivity index (χ2n) is 6.30. The smallest absolute Gasteiger partial charge is 0.256 e. The third-order valence-corrected chi connectivity index (χ3v) is 4.57. The maximum Gasteiger partial charge on any atom is 0.256 e. The fourth-order valence-electron chi connectivity index (χ4n) is 3.24. The van der Waals surface area contributed by atoms with Gasteiger partial charge in [-0.05, 0) is 18.2 Å². The molecular formula is C18H15N7O. The Kier molecular flexibility index (Phi) is 3.27. The van der Waals surface area contributed by atoms with Gasteiger partial charge in [0.2, 0.25) is 0 Å². The Hall–Kier alpha value is -3.55. The van der Waals surface area contributed by atoms with Gasteiger partial charge in [-0.25, -0.2) is 9.97 Å². The molecule has 0 aromatic carbocycles. The molecule has 0 spiro atoms. The number of amides is 1. The van der Waals surface area contributed by atoms with Gasteiger partial charge in [0.05, 0.1) is 42.6 Å². The Balaban J connectivity index is 1.40. The van der Waals surface area contributed by atoms with E-state index in [1.807, 2.05) is 22.8 Å². The second-order valence-corrected chi connectivity index (χ2v) is 6.30. The van der Waals surface area contributed by atoms with E-state index in [4.69, 9.17) is 0 Å². The molecule has 0 saturated carbocycles. The van der Waals surface area contributed by atoms with Crippen molar-refractivity contribution in [3.05, 3.63) is 71.7 Å². The van der Waals surface area contributed by atoms with Crippen molar-refractivity contribution < 1.29 is 4.79 Å². The molecule has 0 aliphatic carbocycles. The van der Waals surface area contributed by atoms with Gasteiger partial charge in [-0.3, -0.25) is 14.9 Å². The number of hydrogen-bond donors (Lipinski definition) is 1. The normalized spacial score (nSPS) is 13.3. The summed E-state index contributed by atoms with van der Waals surface area (Å²) < 4.78 is 1.93. The van der Waals surface area contributed by atoms with E-state index >= 15 is 0 Å². The molecule has 1 N–H and O–H groups in total. The zero-order valence-corrected chi connectivity index (χ0v) is 13.8. The summed E-state index contributed by atoms with van der Waals surface area (Å²) in [7, 11) is 0. The van der Waals surface area contributed by atoms with Crippen LogP contribution in [0.25, 0.3) is 11.2 Å². The maximum atomic E-state index is 12.8. The number of imidazole rings is 1. The van der Waals surface area contributed by atoms with Crippen molar-refractivity contribution in [3.8, 4) is 0 Å². The van der Waals surface area contributed by atoms with Crippen molar-refractivity contribution in [2.24, 2.45) is 0 Å². The van der Waals surface area contributed by atoms with E-state index in [0.29, 0.717) is 30.7 Å². The minimum atomic E-state index is -0.0525. The van der Waals surface area contributed by atoms with Crippen LogP contribution >= 0.6 is 0 Å². The number of hydrogen-bond acceptors (Lipinski definition) is 5. The van der Waals surface area contributed by atoms with Gasteiger partial charge in [0, 0.05) is 24.5 Å². The molecule has 8 nitrogen and oxygen atoms in total. The zero-order valence-electron chi connectivity index (χ0n) is 13.8. The first-order chi connectivity index (χ1) is 12.8. The number of aromatic nitrogens is 6. The lowest BCUT2D eigenvalue weighted by Gasteiger charge is -2.15. The van der Waals surface area contributed by atoms with E-state index in [-0.39, 0.29) is 5.91 Å². The minimum Gasteiger partial charge on any atom is -0.328 e. The molecule has 5 rings (SSSR count). The highest BCUT2D eigenvalue weighted by atomic mass is 16.2. The van der Waals surface area contributed by atoms with Crippen molar-refractivity contribution in [1.82, 2.24) is 34.6 Å². The molecule has 1 aliphatic heterocycles. The topological polar surface area (TPSA) is 92.6 Å². The molecule has 1 amide bonds. The number of H-pyrrole nitrogens is 1. The number of fused-ring (bicyclic) bond motifs is 2. The highest BCUT2D eigenvalue weighted by molar-refractivity contribution is 5.96. The van der Waals surface area contributed by atoms with Crippen LogP contribution in [0.5, 0.6) is 0 Å². The molecule has 0 radical (unpaired) electrons. The number of nitrogens with one attached hydrogen (secondary N) is 1. The number of carbonyl (C=O) groups excluding carboxylic acids is 1. The van der Waals surface area contributed by atoms with Crippen LogP contribution in [0.2, 0.25) is 0 Å². The fourth-order valence-corrected chi connectivity index (χ4v) is 3.24. The van der Waals surface area contributed by atoms with Crippen molar-refractivity contribution in [1.29, 1.82) is 0 Å². The molecular weight excluding hydrogens is 330 g/mol. The Morgan fingerprint density at radius 3 is 2.96 bits per heavy atom. The molecule has 8 heteroatoms. The average Bonchev–Trinajstić information content (AvgIpc) is 3.36. The molecule has 26 heavy (non-hydrogen) atoms. The SMILES string of the molecule is O=C(c1cnc2c(c1)ncn2Cc1ccccn1)N1Cc2cn[nH]c2C1. The first kappa shape index (κ1) is 14.8. The number of carbonyl (C=O) groups is 1. The molecule has 0 saturated heterocycles. The quantitative estimate of drug-likeness (QED) is 0.611. The molecule has 4 aromatic rings. The number of pyridine rings is 2. The molecule has 0 atom stereocenters. The van der Waals surface area contributed by atoms with Crippen molar-refractivity contribution >= 4 is 17.1 Å². The van der Waals surface area contributed by atoms with Crippen LogP contribution in [0, 0.1) is 0 Å². The molecule has 1 aliphatic rings. The van der Waals surface area contributed by atoms with Gasteiger partial charge in [0.15, 0.2) is 5.65 Å². The van der Waals surface area contributed by atoms with Crippen LogP contribution in [0.1, 0.15) is 27.3 Å². The van der Waals surface area contributed by atoms with E-state index in [1.165, 1.54) is 0 Å². The summed E-state index contributed by atoms with van der Waals surface area (Å²) in [5.74, 6) is -0.0525. The lowest BCUT2D eigenvalue weighted by atomic mass is 10.2. The van der Waals surface area contributed by atoms with Crippen molar-refractivity contribution in [3.63, 3.8) is 0 Å². The van der Waals surface area contributed by atoms with Crippen LogP contribution < -0.4 is 0 Å². The van der Waals surface area contributed by atoms with Crippen LogP contribution in [0.3, 0.4) is 0 Å². The summed E-state index contributed by atoms with van der Waals surface area (Å²) in [6, 6.07) is 7.59. The standard InChI is InChI=1S/C18H15N7O/c26-18(24-8-13-7-22-23-16(13)10-24)12-5-15-17(20-6-12)25(11-21-15)9-14-3-1-2-4-19-14/h1-7,11H,8-10H2,(H,22,23). The van der Waals surface area contributed by atoms with E-state index in [2.05, 4.69) is 25.1 Å². The minimum absolute atomic E-state index is 0.0525. The van der Waals surface area contributed by atoms with E-state index in [0.717, 1.165) is 22.6 Å². The summed E-state index contributed by atoms with van der Waals surface area (Å²) in [6.07, 6.45) is 6.88. The van der Waals surface area contributed by atoms with Gasteiger partial charge in [0.25, 0.3) is 5.91 Å². The van der Waals surface area contributed by atoms with E-state index < -0.39 is 0 Å². The van der Waals surface area contributed by atoms with Crippen LogP contribution in [0.15, 0.2) is 49.2 Å². The molecule has 4 aromatic heterocycles. The first-order valence-electron chi connectivity index (χ1n) is 8.29. The maximum absolute atomic E-state index is 12.8. The van der Waals surface area contributed by atoms with Crippen LogP contribution in [-0.2, 0) is 19.6 Å². The van der Waals surface area contributed by atoms with Crippen LogP contribution in [-0.4, -0.2) is 40.5 Å². The molecule has 0 fully saturated rings. The van der Waals surface area contributed by atoms with Crippen molar-refractivity contribution in [2.45, 2.75) is 19.6 Å². The van der Waals surface area contributed by atoms with Crippen LogP contribution in [0.4, 0.5) is 0 Å². The number of nitrogens with zero attached hydrogens (tertiary/aromatic N) is 6. The summed E-state index contributed by atoms with van der Waals surface area (Å²) >= 11 is 0. The van der Waals surface area contributed by atoms with E-state index in [9.17, 15) is 4.79 Å². The predicted octanol–water partition coefficient (Wildman–Crippen LogP) is 1.75. The van der Waals surface area contributed by atoms with Gasteiger partial charge in [-0.15, -0.1) is 0 Å². The molecule has 0 unspecified atom stereocenters. The molecule has 128 valence electrons. The summed E-state index contributed by atoms with van der Waals surface area (Å²) in [5.41, 5.74) is 4.97. The van der Waals surface area contributed by atoms with Gasteiger partial charge < -0.3 is 9.47 Å².